The van der Waals surface area contributed by atoms with Crippen LogP contribution in [-0.4, -0.2) is 29.6 Å². The van der Waals surface area contributed by atoms with Crippen LogP contribution in [0.2, 0.25) is 0 Å². The summed E-state index contributed by atoms with van der Waals surface area (Å²) in [4.78, 5) is 14.9. The molecule has 1 amide bonds. The minimum atomic E-state index is 0.138. The first kappa shape index (κ1) is 27.3. The standard InChI is InChI=1S/C32H41NO3/c1-7-32(34)33(22-26-10-16-29(17-11-26)35-23(2)3)21-20-31(27-12-8-25(6)9-13-27)28-14-18-30(19-15-28)36-24(4)5/h8-19,23-24,31H,7,20-22H2,1-6H3/t31-/m1/s1. The highest BCUT2D eigenvalue weighted by Crippen LogP contribution is 2.30. The van der Waals surface area contributed by atoms with E-state index in [1.165, 1.54) is 16.7 Å². The molecule has 4 nitrogen and oxygen atoms in total. The molecule has 3 aromatic carbocycles. The molecule has 1 atom stereocenters. The lowest BCUT2D eigenvalue weighted by Gasteiger charge is -2.26. The molecule has 0 aliphatic rings. The second kappa shape index (κ2) is 13.2. The van der Waals surface area contributed by atoms with Crippen molar-refractivity contribution in [1.29, 1.82) is 0 Å². The van der Waals surface area contributed by atoms with Gasteiger partial charge in [0.15, 0.2) is 0 Å². The predicted molar refractivity (Wildman–Crippen MR) is 148 cm³/mol. The number of ether oxygens (including phenoxy) is 2. The van der Waals surface area contributed by atoms with E-state index >= 15 is 0 Å². The summed E-state index contributed by atoms with van der Waals surface area (Å²) in [6.07, 6.45) is 1.61. The Balaban J connectivity index is 1.79. The monoisotopic (exact) mass is 487 g/mol. The lowest BCUT2D eigenvalue weighted by molar-refractivity contribution is -0.131. The molecule has 192 valence electrons. The molecular weight excluding hydrogens is 446 g/mol. The Kier molecular flexibility index (Phi) is 9.98. The number of hydrogen-bond donors (Lipinski definition) is 0. The van der Waals surface area contributed by atoms with E-state index in [0.29, 0.717) is 19.5 Å². The van der Waals surface area contributed by atoms with Gasteiger partial charge in [-0.3, -0.25) is 4.79 Å². The number of amides is 1. The third-order valence-corrected chi connectivity index (χ3v) is 6.15. The number of hydrogen-bond acceptors (Lipinski definition) is 3. The van der Waals surface area contributed by atoms with Gasteiger partial charge >= 0.3 is 0 Å². The quantitative estimate of drug-likeness (QED) is 0.265. The van der Waals surface area contributed by atoms with Crippen LogP contribution < -0.4 is 9.47 Å². The fourth-order valence-electron chi connectivity index (χ4n) is 4.34. The van der Waals surface area contributed by atoms with Crippen molar-refractivity contribution in [1.82, 2.24) is 4.90 Å². The number of rotatable bonds is 12. The van der Waals surface area contributed by atoms with Gasteiger partial charge in [0.1, 0.15) is 11.5 Å². The van der Waals surface area contributed by atoms with Gasteiger partial charge in [0.2, 0.25) is 5.91 Å². The molecule has 0 aliphatic heterocycles. The fraction of sp³-hybridized carbons (Fsp3) is 0.406. The lowest BCUT2D eigenvalue weighted by Crippen LogP contribution is -2.31. The van der Waals surface area contributed by atoms with Gasteiger partial charge in [-0.15, -0.1) is 0 Å². The molecule has 0 unspecified atom stereocenters. The smallest absolute Gasteiger partial charge is 0.222 e. The number of aryl methyl sites for hydroxylation is 1. The Morgan fingerprint density at radius 2 is 1.22 bits per heavy atom. The van der Waals surface area contributed by atoms with Gasteiger partial charge in [0, 0.05) is 25.4 Å². The van der Waals surface area contributed by atoms with Gasteiger partial charge in [0.25, 0.3) is 0 Å². The highest BCUT2D eigenvalue weighted by atomic mass is 16.5. The molecule has 3 rings (SSSR count). The molecule has 0 spiro atoms. The number of carbonyl (C=O) groups is 1. The van der Waals surface area contributed by atoms with Gasteiger partial charge in [0.05, 0.1) is 12.2 Å². The summed E-state index contributed by atoms with van der Waals surface area (Å²) in [6, 6.07) is 25.2. The first-order chi connectivity index (χ1) is 17.2. The Labute approximate surface area is 217 Å². The minimum absolute atomic E-state index is 0.138. The Hall–Kier alpha value is -3.27. The maximum absolute atomic E-state index is 12.9. The van der Waals surface area contributed by atoms with Crippen LogP contribution in [0, 0.1) is 6.92 Å². The van der Waals surface area contributed by atoms with Crippen LogP contribution in [0.1, 0.15) is 75.6 Å². The normalized spacial score (nSPS) is 12.0. The van der Waals surface area contributed by atoms with Crippen molar-refractivity contribution in [3.63, 3.8) is 0 Å². The van der Waals surface area contributed by atoms with E-state index in [1.54, 1.807) is 0 Å². The van der Waals surface area contributed by atoms with Crippen molar-refractivity contribution >= 4 is 5.91 Å². The molecule has 0 fully saturated rings. The summed E-state index contributed by atoms with van der Waals surface area (Å²) in [6.45, 7) is 13.4. The van der Waals surface area contributed by atoms with Crippen LogP contribution in [-0.2, 0) is 11.3 Å². The highest BCUT2D eigenvalue weighted by Gasteiger charge is 2.19. The van der Waals surface area contributed by atoms with Crippen molar-refractivity contribution in [3.05, 3.63) is 95.1 Å². The first-order valence-electron chi connectivity index (χ1n) is 13.1. The summed E-state index contributed by atoms with van der Waals surface area (Å²) >= 11 is 0. The van der Waals surface area contributed by atoms with Gasteiger partial charge in [-0.05, 0) is 82.0 Å². The van der Waals surface area contributed by atoms with Crippen LogP contribution in [0.3, 0.4) is 0 Å². The second-order valence-corrected chi connectivity index (χ2v) is 9.97. The molecule has 0 bridgehead atoms. The molecule has 0 N–H and O–H groups in total. The van der Waals surface area contributed by atoms with E-state index < -0.39 is 0 Å². The van der Waals surface area contributed by atoms with Crippen LogP contribution in [0.15, 0.2) is 72.8 Å². The van der Waals surface area contributed by atoms with E-state index in [9.17, 15) is 4.79 Å². The molecular formula is C32H41NO3. The van der Waals surface area contributed by atoms with E-state index in [-0.39, 0.29) is 24.0 Å². The lowest BCUT2D eigenvalue weighted by atomic mass is 9.88. The van der Waals surface area contributed by atoms with Gasteiger partial charge in [-0.2, -0.15) is 0 Å². The maximum Gasteiger partial charge on any atom is 0.222 e. The minimum Gasteiger partial charge on any atom is -0.491 e. The van der Waals surface area contributed by atoms with Gasteiger partial charge in [-0.25, -0.2) is 0 Å². The molecule has 0 radical (unpaired) electrons. The summed E-state index contributed by atoms with van der Waals surface area (Å²) < 4.78 is 11.6. The molecule has 0 aliphatic carbocycles. The molecule has 0 aromatic heterocycles. The topological polar surface area (TPSA) is 38.8 Å². The first-order valence-corrected chi connectivity index (χ1v) is 13.1. The summed E-state index contributed by atoms with van der Waals surface area (Å²) in [5.74, 6) is 2.09. The van der Waals surface area contributed by atoms with E-state index in [0.717, 1.165) is 23.5 Å². The number of nitrogens with zero attached hydrogens (tertiary/aromatic N) is 1. The summed E-state index contributed by atoms with van der Waals surface area (Å²) in [5, 5.41) is 0. The Bertz CT molecular complexity index is 1070. The third kappa shape index (κ3) is 8.15. The average Bonchev–Trinajstić information content (AvgIpc) is 2.85. The van der Waals surface area contributed by atoms with Crippen molar-refractivity contribution in [2.24, 2.45) is 0 Å². The zero-order valence-corrected chi connectivity index (χ0v) is 22.7. The predicted octanol–water partition coefficient (Wildman–Crippen LogP) is 7.53. The van der Waals surface area contributed by atoms with Crippen LogP contribution in [0.4, 0.5) is 0 Å². The Morgan fingerprint density at radius 1 is 0.750 bits per heavy atom. The largest absolute Gasteiger partial charge is 0.491 e. The Morgan fingerprint density at radius 3 is 1.69 bits per heavy atom. The average molecular weight is 488 g/mol. The molecule has 4 heteroatoms. The highest BCUT2D eigenvalue weighted by molar-refractivity contribution is 5.75. The molecule has 0 heterocycles. The van der Waals surface area contributed by atoms with Crippen molar-refractivity contribution in [3.8, 4) is 11.5 Å². The van der Waals surface area contributed by atoms with Crippen LogP contribution in [0.25, 0.3) is 0 Å². The molecule has 36 heavy (non-hydrogen) atoms. The number of carbonyl (C=O) groups excluding carboxylic acids is 1. The molecule has 3 aromatic rings. The fourth-order valence-corrected chi connectivity index (χ4v) is 4.34. The number of benzene rings is 3. The molecule has 0 saturated heterocycles. The zero-order valence-electron chi connectivity index (χ0n) is 22.7. The van der Waals surface area contributed by atoms with Crippen LogP contribution in [0.5, 0.6) is 11.5 Å². The van der Waals surface area contributed by atoms with Crippen molar-refractivity contribution in [2.45, 2.75) is 79.1 Å². The van der Waals surface area contributed by atoms with E-state index in [2.05, 4.69) is 55.5 Å². The van der Waals surface area contributed by atoms with Crippen molar-refractivity contribution in [2.75, 3.05) is 6.54 Å². The SMILES string of the molecule is CCC(=O)N(CC[C@H](c1ccc(C)cc1)c1ccc(OC(C)C)cc1)Cc1ccc(OC(C)C)cc1. The summed E-state index contributed by atoms with van der Waals surface area (Å²) in [7, 11) is 0. The van der Waals surface area contributed by atoms with Gasteiger partial charge in [-0.1, -0.05) is 61.0 Å². The summed E-state index contributed by atoms with van der Waals surface area (Å²) in [5.41, 5.74) is 4.84. The van der Waals surface area contributed by atoms with E-state index in [4.69, 9.17) is 9.47 Å². The van der Waals surface area contributed by atoms with Gasteiger partial charge < -0.3 is 14.4 Å². The van der Waals surface area contributed by atoms with Crippen LogP contribution >= 0.6 is 0 Å². The zero-order chi connectivity index (χ0) is 26.1. The third-order valence-electron chi connectivity index (χ3n) is 6.15. The van der Waals surface area contributed by atoms with Crippen molar-refractivity contribution < 1.29 is 14.3 Å². The van der Waals surface area contributed by atoms with E-state index in [1.807, 2.05) is 63.8 Å². The second-order valence-electron chi connectivity index (χ2n) is 9.97. The molecule has 0 saturated carbocycles. The maximum atomic E-state index is 12.9.